The van der Waals surface area contributed by atoms with Gasteiger partial charge in [0.1, 0.15) is 8.42 Å². The second-order valence-electron chi connectivity index (χ2n) is 11.7. The van der Waals surface area contributed by atoms with E-state index in [1.807, 2.05) is 0 Å². The van der Waals surface area contributed by atoms with Gasteiger partial charge in [0.05, 0.1) is 10.9 Å². The van der Waals surface area contributed by atoms with Crippen molar-refractivity contribution in [2.75, 3.05) is 0 Å². The maximum atomic E-state index is 8.86. The van der Waals surface area contributed by atoms with Crippen LogP contribution < -0.4 is 4.57 Å². The Morgan fingerprint density at radius 1 is 0.824 bits per heavy atom. The highest BCUT2D eigenvalue weighted by atomic mass is 14.9. The second kappa shape index (κ2) is 9.48. The largest absolute Gasteiger partial charge is 0.220 e. The topological polar surface area (TPSA) is 3.88 Å². The van der Waals surface area contributed by atoms with E-state index in [2.05, 4.69) is 54.9 Å². The van der Waals surface area contributed by atoms with Crippen molar-refractivity contribution in [3.8, 4) is 11.3 Å². The lowest BCUT2D eigenvalue weighted by Gasteiger charge is -2.21. The molecule has 3 aliphatic carbocycles. The highest BCUT2D eigenvalue weighted by Gasteiger charge is 2.27. The molecule has 0 radical (unpaired) electrons. The fourth-order valence-electron chi connectivity index (χ4n) is 7.52. The minimum absolute atomic E-state index is 0.610. The number of rotatable bonds is 5. The van der Waals surface area contributed by atoms with E-state index >= 15 is 0 Å². The molecule has 178 valence electrons. The van der Waals surface area contributed by atoms with E-state index < -0.39 is 0 Å². The van der Waals surface area contributed by atoms with Crippen LogP contribution >= 0.6 is 0 Å². The molecule has 3 aromatic rings. The molecule has 0 atom stereocenters. The van der Waals surface area contributed by atoms with E-state index in [1.54, 1.807) is 11.1 Å². The first-order chi connectivity index (χ1) is 17.1. The Morgan fingerprint density at radius 2 is 1.50 bits per heavy atom. The summed E-state index contributed by atoms with van der Waals surface area (Å²) in [6.45, 7) is 2.36. The Bertz CT molecular complexity index is 1220. The monoisotopic (exact) mass is 453 g/mol. The van der Waals surface area contributed by atoms with Crippen LogP contribution in [0.2, 0.25) is 0 Å². The minimum atomic E-state index is 0.610. The summed E-state index contributed by atoms with van der Waals surface area (Å²) >= 11 is 0. The number of hydrogen-bond donors (Lipinski definition) is 0. The summed E-state index contributed by atoms with van der Waals surface area (Å²) in [4.78, 5) is 0. The summed E-state index contributed by atoms with van der Waals surface area (Å²) in [6, 6.07) is 14.3. The van der Waals surface area contributed by atoms with Crippen molar-refractivity contribution in [1.29, 1.82) is 0 Å². The maximum Gasteiger partial charge on any atom is 0.220 e. The van der Waals surface area contributed by atoms with Crippen molar-refractivity contribution < 1.29 is 5.94 Å². The van der Waals surface area contributed by atoms with Crippen molar-refractivity contribution in [2.24, 2.45) is 13.0 Å². The zero-order valence-electron chi connectivity index (χ0n) is 22.3. The average molecular weight is 454 g/mol. The third-order valence-electron chi connectivity index (χ3n) is 9.47. The molecule has 6 rings (SSSR count). The quantitative estimate of drug-likeness (QED) is 0.340. The van der Waals surface area contributed by atoms with Crippen LogP contribution in [0.3, 0.4) is 0 Å². The lowest BCUT2D eigenvalue weighted by molar-refractivity contribution is -0.659. The Balaban J connectivity index is 1.50. The highest BCUT2D eigenvalue weighted by molar-refractivity contribution is 5.94. The summed E-state index contributed by atoms with van der Waals surface area (Å²) in [5, 5.41) is 2.55. The fourth-order valence-corrected chi connectivity index (χ4v) is 7.52. The molecular weight excluding hydrogens is 410 g/mol. The SMILES string of the molecule is [2H]c1cc2cc(CC3CCCC3)ccc2c(-c2cc(C3CCCC3)cc(C3CCCC3)c2C)[n+]1C. The maximum absolute atomic E-state index is 8.86. The van der Waals surface area contributed by atoms with Crippen LogP contribution in [-0.2, 0) is 13.5 Å². The van der Waals surface area contributed by atoms with Crippen LogP contribution in [-0.4, -0.2) is 0 Å². The fraction of sp³-hybridized carbons (Fsp3) is 0.545. The molecule has 0 unspecified atom stereocenters. The molecule has 3 aliphatic rings. The first-order valence-electron chi connectivity index (χ1n) is 14.7. The van der Waals surface area contributed by atoms with E-state index in [1.165, 1.54) is 117 Å². The third-order valence-corrected chi connectivity index (χ3v) is 9.47. The molecule has 1 heteroatoms. The van der Waals surface area contributed by atoms with Gasteiger partial charge in [0, 0.05) is 6.07 Å². The molecule has 1 heterocycles. The molecule has 0 aliphatic heterocycles. The van der Waals surface area contributed by atoms with Crippen LogP contribution in [0.25, 0.3) is 22.0 Å². The zero-order chi connectivity index (χ0) is 23.9. The van der Waals surface area contributed by atoms with Gasteiger partial charge in [-0.15, -0.1) is 0 Å². The zero-order valence-corrected chi connectivity index (χ0v) is 21.3. The first kappa shape index (κ1) is 21.2. The van der Waals surface area contributed by atoms with Gasteiger partial charge in [0.2, 0.25) is 5.69 Å². The average Bonchev–Trinajstić information content (AvgIpc) is 3.64. The summed E-state index contributed by atoms with van der Waals surface area (Å²) in [5.41, 5.74) is 8.69. The first-order valence-corrected chi connectivity index (χ1v) is 14.2. The van der Waals surface area contributed by atoms with Crippen LogP contribution in [0.5, 0.6) is 0 Å². The third kappa shape index (κ3) is 4.21. The Hall–Kier alpha value is -2.15. The number of pyridine rings is 1. The van der Waals surface area contributed by atoms with Crippen LogP contribution in [0, 0.1) is 12.8 Å². The van der Waals surface area contributed by atoms with Crippen LogP contribution in [0.4, 0.5) is 0 Å². The Morgan fingerprint density at radius 3 is 2.24 bits per heavy atom. The molecule has 0 bridgehead atoms. The van der Waals surface area contributed by atoms with Gasteiger partial charge in [-0.2, -0.15) is 0 Å². The lowest BCUT2D eigenvalue weighted by atomic mass is 9.83. The Kier molecular flexibility index (Phi) is 5.90. The van der Waals surface area contributed by atoms with E-state index in [4.69, 9.17) is 1.37 Å². The molecule has 0 saturated heterocycles. The predicted octanol–water partition coefficient (Wildman–Crippen LogP) is 8.69. The summed E-state index contributed by atoms with van der Waals surface area (Å²) in [6.07, 6.45) is 18.2. The van der Waals surface area contributed by atoms with Gasteiger partial charge in [-0.3, -0.25) is 0 Å². The van der Waals surface area contributed by atoms with Gasteiger partial charge >= 0.3 is 0 Å². The number of nitrogens with zero attached hydrogens (tertiary/aromatic N) is 1. The molecule has 0 amide bonds. The molecule has 1 aromatic heterocycles. The number of fused-ring (bicyclic) bond motifs is 1. The van der Waals surface area contributed by atoms with Crippen molar-refractivity contribution in [1.82, 2.24) is 0 Å². The van der Waals surface area contributed by atoms with Crippen molar-refractivity contribution >= 4 is 10.8 Å². The molecule has 0 N–H and O–H groups in total. The van der Waals surface area contributed by atoms with Gasteiger partial charge < -0.3 is 0 Å². The summed E-state index contributed by atoms with van der Waals surface area (Å²) in [7, 11) is 2.10. The standard InChI is InChI=1S/C33H42N/c1-23-31(27-13-7-8-14-27)21-29(26-11-5-6-12-26)22-32(23)33-30-16-15-25(19-24-9-3-4-10-24)20-28(30)17-18-34(33)2/h15-18,20-22,24,26-27H,3-14,19H2,1-2H3/q+1/i18D. The number of aromatic nitrogens is 1. The van der Waals surface area contributed by atoms with E-state index in [0.717, 1.165) is 5.92 Å². The highest BCUT2D eigenvalue weighted by Crippen LogP contribution is 2.43. The van der Waals surface area contributed by atoms with E-state index in [0.29, 0.717) is 18.0 Å². The van der Waals surface area contributed by atoms with Crippen LogP contribution in [0.1, 0.15) is 113 Å². The predicted molar refractivity (Wildman–Crippen MR) is 143 cm³/mol. The Labute approximate surface area is 208 Å². The lowest BCUT2D eigenvalue weighted by Crippen LogP contribution is -2.31. The van der Waals surface area contributed by atoms with Gasteiger partial charge in [-0.05, 0) is 96.6 Å². The smallest absolute Gasteiger partial charge is 0.200 e. The molecule has 1 nitrogen and oxygen atoms in total. The number of hydrogen-bond acceptors (Lipinski definition) is 0. The van der Waals surface area contributed by atoms with Crippen molar-refractivity contribution in [3.05, 3.63) is 64.8 Å². The summed E-state index contributed by atoms with van der Waals surface area (Å²) < 4.78 is 11.0. The number of benzene rings is 2. The summed E-state index contributed by atoms with van der Waals surface area (Å²) in [5.74, 6) is 2.27. The molecule has 2 aromatic carbocycles. The normalized spacial score (nSPS) is 20.6. The van der Waals surface area contributed by atoms with Gasteiger partial charge in [0.25, 0.3) is 0 Å². The molecule has 34 heavy (non-hydrogen) atoms. The van der Waals surface area contributed by atoms with Gasteiger partial charge in [0.15, 0.2) is 6.17 Å². The molecule has 3 saturated carbocycles. The van der Waals surface area contributed by atoms with Gasteiger partial charge in [-0.25, -0.2) is 4.57 Å². The molecular formula is C33H42N+. The van der Waals surface area contributed by atoms with Crippen molar-refractivity contribution in [2.45, 2.75) is 102 Å². The van der Waals surface area contributed by atoms with Gasteiger partial charge in [-0.1, -0.05) is 69.6 Å². The molecule has 3 fully saturated rings. The van der Waals surface area contributed by atoms with Crippen LogP contribution in [0.15, 0.2) is 42.6 Å². The second-order valence-corrected chi connectivity index (χ2v) is 11.7. The molecule has 0 spiro atoms. The van der Waals surface area contributed by atoms with E-state index in [9.17, 15) is 0 Å². The minimum Gasteiger partial charge on any atom is -0.200 e. The van der Waals surface area contributed by atoms with Crippen molar-refractivity contribution in [3.63, 3.8) is 0 Å². The van der Waals surface area contributed by atoms with E-state index in [-0.39, 0.29) is 0 Å².